The molecule has 3 amide bonds. The summed E-state index contributed by atoms with van der Waals surface area (Å²) in [5.74, 6) is -1.34. The smallest absolute Gasteiger partial charge is 0.254 e. The standard InChI is InChI=1S/C23H33FN4O3/c1-17(2)21(25-22(30)18-8-4-5-9-19(18)24)23(31)28-14-12-26(13-15-28)16-20(29)27-10-6-3-7-11-27/h4-5,8-9,17,21H,3,6-7,10-16H2,1-2H3,(H,25,30). The number of hydrogen-bond donors (Lipinski definition) is 1. The van der Waals surface area contributed by atoms with Crippen LogP contribution in [0.25, 0.3) is 0 Å². The predicted octanol–water partition coefficient (Wildman–Crippen LogP) is 1.74. The number of piperidine rings is 1. The van der Waals surface area contributed by atoms with E-state index in [9.17, 15) is 18.8 Å². The average Bonchev–Trinajstić information content (AvgIpc) is 2.78. The van der Waals surface area contributed by atoms with E-state index in [0.29, 0.717) is 32.7 Å². The number of nitrogens with zero attached hydrogens (tertiary/aromatic N) is 3. The van der Waals surface area contributed by atoms with Gasteiger partial charge in [-0.15, -0.1) is 0 Å². The lowest BCUT2D eigenvalue weighted by atomic mass is 10.0. The Morgan fingerprint density at radius 1 is 0.935 bits per heavy atom. The van der Waals surface area contributed by atoms with Gasteiger partial charge in [-0.25, -0.2) is 4.39 Å². The molecule has 2 heterocycles. The molecule has 3 rings (SSSR count). The number of benzene rings is 1. The van der Waals surface area contributed by atoms with Crippen LogP contribution in [0.1, 0.15) is 43.5 Å². The zero-order chi connectivity index (χ0) is 22.4. The molecule has 7 nitrogen and oxygen atoms in total. The van der Waals surface area contributed by atoms with Crippen molar-refractivity contribution < 1.29 is 18.8 Å². The Labute approximate surface area is 183 Å². The fourth-order valence-electron chi connectivity index (χ4n) is 4.14. The van der Waals surface area contributed by atoms with Gasteiger partial charge in [0.15, 0.2) is 0 Å². The maximum Gasteiger partial charge on any atom is 0.254 e. The van der Waals surface area contributed by atoms with Crippen molar-refractivity contribution in [3.05, 3.63) is 35.6 Å². The van der Waals surface area contributed by atoms with E-state index in [4.69, 9.17) is 0 Å². The van der Waals surface area contributed by atoms with Crippen molar-refractivity contribution in [2.24, 2.45) is 5.92 Å². The summed E-state index contributed by atoms with van der Waals surface area (Å²) >= 11 is 0. The molecule has 1 unspecified atom stereocenters. The summed E-state index contributed by atoms with van der Waals surface area (Å²) in [7, 11) is 0. The zero-order valence-electron chi connectivity index (χ0n) is 18.5. The largest absolute Gasteiger partial charge is 0.342 e. The van der Waals surface area contributed by atoms with Crippen LogP contribution >= 0.6 is 0 Å². The summed E-state index contributed by atoms with van der Waals surface area (Å²) in [5.41, 5.74) is -0.0676. The van der Waals surface area contributed by atoms with Gasteiger partial charge in [0.1, 0.15) is 11.9 Å². The molecule has 0 spiro atoms. The fourth-order valence-corrected chi connectivity index (χ4v) is 4.14. The van der Waals surface area contributed by atoms with Crippen molar-refractivity contribution in [1.29, 1.82) is 0 Å². The van der Waals surface area contributed by atoms with Gasteiger partial charge in [-0.05, 0) is 37.3 Å². The Morgan fingerprint density at radius 2 is 1.58 bits per heavy atom. The van der Waals surface area contributed by atoms with Gasteiger partial charge in [0.2, 0.25) is 11.8 Å². The molecule has 31 heavy (non-hydrogen) atoms. The van der Waals surface area contributed by atoms with Gasteiger partial charge in [-0.3, -0.25) is 19.3 Å². The second kappa shape index (κ2) is 10.7. The number of nitrogens with one attached hydrogen (secondary N) is 1. The summed E-state index contributed by atoms with van der Waals surface area (Å²) in [6.07, 6.45) is 3.33. The van der Waals surface area contributed by atoms with Crippen LogP contribution in [0.4, 0.5) is 4.39 Å². The van der Waals surface area contributed by atoms with E-state index < -0.39 is 17.8 Å². The van der Waals surface area contributed by atoms with Crippen LogP contribution in [0, 0.1) is 11.7 Å². The second-order valence-corrected chi connectivity index (χ2v) is 8.72. The normalized spacial score (nSPS) is 18.7. The molecule has 170 valence electrons. The van der Waals surface area contributed by atoms with Crippen molar-refractivity contribution in [3.8, 4) is 0 Å². The van der Waals surface area contributed by atoms with Crippen molar-refractivity contribution >= 4 is 17.7 Å². The number of carbonyl (C=O) groups is 3. The molecule has 0 aromatic heterocycles. The summed E-state index contributed by atoms with van der Waals surface area (Å²) in [5, 5.41) is 2.71. The van der Waals surface area contributed by atoms with E-state index >= 15 is 0 Å². The van der Waals surface area contributed by atoms with E-state index in [1.54, 1.807) is 11.0 Å². The average molecular weight is 433 g/mol. The minimum Gasteiger partial charge on any atom is -0.342 e. The van der Waals surface area contributed by atoms with E-state index in [0.717, 1.165) is 25.9 Å². The molecule has 1 N–H and O–H groups in total. The molecule has 1 aromatic carbocycles. The summed E-state index contributed by atoms with van der Waals surface area (Å²) in [6, 6.07) is 5.02. The number of halogens is 1. The van der Waals surface area contributed by atoms with Crippen LogP contribution in [-0.4, -0.2) is 84.3 Å². The second-order valence-electron chi connectivity index (χ2n) is 8.72. The first-order valence-electron chi connectivity index (χ1n) is 11.2. The van der Waals surface area contributed by atoms with Crippen molar-refractivity contribution in [2.45, 2.75) is 39.2 Å². The molecule has 2 aliphatic rings. The maximum absolute atomic E-state index is 13.9. The number of carbonyl (C=O) groups excluding carboxylic acids is 3. The van der Waals surface area contributed by atoms with Crippen molar-refractivity contribution in [2.75, 3.05) is 45.8 Å². The Morgan fingerprint density at radius 3 is 2.19 bits per heavy atom. The number of piperazine rings is 1. The SMILES string of the molecule is CC(C)C(NC(=O)c1ccccc1F)C(=O)N1CCN(CC(=O)N2CCCCC2)CC1. The molecule has 0 aliphatic carbocycles. The van der Waals surface area contributed by atoms with Crippen LogP contribution < -0.4 is 5.32 Å². The monoisotopic (exact) mass is 432 g/mol. The van der Waals surface area contributed by atoms with Crippen LogP contribution in [0.2, 0.25) is 0 Å². The molecule has 8 heteroatoms. The highest BCUT2D eigenvalue weighted by Gasteiger charge is 2.32. The molecule has 2 aliphatic heterocycles. The van der Waals surface area contributed by atoms with Crippen LogP contribution in [0.15, 0.2) is 24.3 Å². The Balaban J connectivity index is 1.53. The maximum atomic E-state index is 13.9. The fraction of sp³-hybridized carbons (Fsp3) is 0.609. The summed E-state index contributed by atoms with van der Waals surface area (Å²) in [4.78, 5) is 43.9. The molecule has 0 saturated carbocycles. The molecule has 1 aromatic rings. The lowest BCUT2D eigenvalue weighted by molar-refractivity contribution is -0.137. The number of hydrogen-bond acceptors (Lipinski definition) is 4. The van der Waals surface area contributed by atoms with Gasteiger partial charge in [-0.1, -0.05) is 26.0 Å². The van der Waals surface area contributed by atoms with Gasteiger partial charge in [-0.2, -0.15) is 0 Å². The zero-order valence-corrected chi connectivity index (χ0v) is 18.5. The van der Waals surface area contributed by atoms with Gasteiger partial charge < -0.3 is 15.1 Å². The summed E-state index contributed by atoms with van der Waals surface area (Å²) < 4.78 is 13.9. The van der Waals surface area contributed by atoms with E-state index in [2.05, 4.69) is 10.2 Å². The summed E-state index contributed by atoms with van der Waals surface area (Å²) in [6.45, 7) is 8.05. The predicted molar refractivity (Wildman–Crippen MR) is 116 cm³/mol. The van der Waals surface area contributed by atoms with Crippen molar-refractivity contribution in [3.63, 3.8) is 0 Å². The minimum atomic E-state index is -0.728. The Bertz CT molecular complexity index is 787. The minimum absolute atomic E-state index is 0.0676. The van der Waals surface area contributed by atoms with Crippen molar-refractivity contribution in [1.82, 2.24) is 20.0 Å². The lowest BCUT2D eigenvalue weighted by Crippen LogP contribution is -2.57. The molecule has 2 fully saturated rings. The van der Waals surface area contributed by atoms with E-state index in [1.807, 2.05) is 18.7 Å². The lowest BCUT2D eigenvalue weighted by Gasteiger charge is -2.38. The van der Waals surface area contributed by atoms with Gasteiger partial charge in [0, 0.05) is 39.3 Å². The highest BCUT2D eigenvalue weighted by atomic mass is 19.1. The molecule has 2 saturated heterocycles. The quantitative estimate of drug-likeness (QED) is 0.743. The van der Waals surface area contributed by atoms with Crippen LogP contribution in [-0.2, 0) is 9.59 Å². The molecule has 0 radical (unpaired) electrons. The number of amides is 3. The highest BCUT2D eigenvalue weighted by Crippen LogP contribution is 2.14. The number of likely N-dealkylation sites (tertiary alicyclic amines) is 1. The molecule has 0 bridgehead atoms. The third-order valence-corrected chi connectivity index (χ3v) is 6.09. The topological polar surface area (TPSA) is 73.0 Å². The molecule has 1 atom stereocenters. The van der Waals surface area contributed by atoms with Gasteiger partial charge in [0.25, 0.3) is 5.91 Å². The van der Waals surface area contributed by atoms with Gasteiger partial charge in [0.05, 0.1) is 12.1 Å². The first-order valence-corrected chi connectivity index (χ1v) is 11.2. The first kappa shape index (κ1) is 23.2. The van der Waals surface area contributed by atoms with E-state index in [1.165, 1.54) is 24.6 Å². The Kier molecular flexibility index (Phi) is 8.01. The van der Waals surface area contributed by atoms with Crippen LogP contribution in [0.5, 0.6) is 0 Å². The van der Waals surface area contributed by atoms with Crippen LogP contribution in [0.3, 0.4) is 0 Å². The first-order chi connectivity index (χ1) is 14.9. The number of rotatable bonds is 6. The highest BCUT2D eigenvalue weighted by molar-refractivity contribution is 5.97. The molecular formula is C23H33FN4O3. The Hall–Kier alpha value is -2.48. The molecular weight excluding hydrogens is 399 g/mol. The third kappa shape index (κ3) is 6.03. The van der Waals surface area contributed by atoms with Gasteiger partial charge >= 0.3 is 0 Å². The van der Waals surface area contributed by atoms with E-state index in [-0.39, 0.29) is 23.3 Å². The third-order valence-electron chi connectivity index (χ3n) is 6.09.